The lowest BCUT2D eigenvalue weighted by Gasteiger charge is -2.22. The summed E-state index contributed by atoms with van der Waals surface area (Å²) >= 11 is 0. The third-order valence-electron chi connectivity index (χ3n) is 6.43. The van der Waals surface area contributed by atoms with Crippen molar-refractivity contribution >= 4 is 5.91 Å². The summed E-state index contributed by atoms with van der Waals surface area (Å²) in [4.78, 5) is 12.2. The molecule has 0 saturated carbocycles. The van der Waals surface area contributed by atoms with Crippen LogP contribution in [0, 0.1) is 0 Å². The minimum absolute atomic E-state index is 0.0564. The molecule has 0 aliphatic heterocycles. The average molecular weight is 480 g/mol. The van der Waals surface area contributed by atoms with Crippen LogP contribution < -0.4 is 5.32 Å². The van der Waals surface area contributed by atoms with Crippen LogP contribution in [0.3, 0.4) is 0 Å². The van der Waals surface area contributed by atoms with Gasteiger partial charge in [-0.25, -0.2) is 0 Å². The van der Waals surface area contributed by atoms with Crippen molar-refractivity contribution in [3.63, 3.8) is 0 Å². The number of carbonyl (C=O) groups excluding carboxylic acids is 1. The van der Waals surface area contributed by atoms with E-state index in [1.54, 1.807) is 0 Å². The van der Waals surface area contributed by atoms with Crippen LogP contribution in [-0.4, -0.2) is 34.9 Å². The smallest absolute Gasteiger partial charge is 0.220 e. The van der Waals surface area contributed by atoms with Crippen molar-refractivity contribution < 1.29 is 15.0 Å². The van der Waals surface area contributed by atoms with Crippen molar-refractivity contribution in [1.29, 1.82) is 0 Å². The highest BCUT2D eigenvalue weighted by Gasteiger charge is 2.19. The zero-order valence-electron chi connectivity index (χ0n) is 22.6. The molecule has 0 heterocycles. The maximum absolute atomic E-state index is 12.2. The number of allylic oxidation sites excluding steroid dienone is 4. The van der Waals surface area contributed by atoms with E-state index in [1.807, 2.05) is 0 Å². The third kappa shape index (κ3) is 22.7. The van der Waals surface area contributed by atoms with Crippen LogP contribution in [0.15, 0.2) is 24.3 Å². The highest BCUT2D eigenvalue weighted by atomic mass is 16.3. The van der Waals surface area contributed by atoms with Crippen LogP contribution >= 0.6 is 0 Å². The van der Waals surface area contributed by atoms with Gasteiger partial charge in [-0.15, -0.1) is 0 Å². The minimum Gasteiger partial charge on any atom is -0.394 e. The number of aliphatic hydroxyl groups is 2. The van der Waals surface area contributed by atoms with Crippen molar-refractivity contribution in [3.8, 4) is 0 Å². The fourth-order valence-corrected chi connectivity index (χ4v) is 4.11. The maximum Gasteiger partial charge on any atom is 0.220 e. The lowest BCUT2D eigenvalue weighted by molar-refractivity contribution is -0.123. The summed E-state index contributed by atoms with van der Waals surface area (Å²) in [7, 11) is 0. The molecule has 0 bridgehead atoms. The van der Waals surface area contributed by atoms with Crippen molar-refractivity contribution in [2.45, 2.75) is 154 Å². The number of amides is 1. The zero-order chi connectivity index (χ0) is 25.1. The normalized spacial score (nSPS) is 13.6. The Bertz CT molecular complexity index is 489. The number of rotatable bonds is 25. The van der Waals surface area contributed by atoms with Crippen molar-refractivity contribution in [1.82, 2.24) is 5.32 Å². The Labute approximate surface area is 211 Å². The van der Waals surface area contributed by atoms with Gasteiger partial charge in [0.15, 0.2) is 0 Å². The van der Waals surface area contributed by atoms with Crippen LogP contribution in [0.1, 0.15) is 142 Å². The van der Waals surface area contributed by atoms with Crippen LogP contribution in [0.2, 0.25) is 0 Å². The third-order valence-corrected chi connectivity index (χ3v) is 6.43. The van der Waals surface area contributed by atoms with Gasteiger partial charge in [-0.1, -0.05) is 95.9 Å². The molecule has 1 amide bonds. The monoisotopic (exact) mass is 479 g/mol. The molecule has 0 aromatic rings. The second-order valence-corrected chi connectivity index (χ2v) is 9.80. The number of hydrogen-bond donors (Lipinski definition) is 3. The van der Waals surface area contributed by atoms with Crippen LogP contribution in [-0.2, 0) is 4.79 Å². The zero-order valence-corrected chi connectivity index (χ0v) is 22.6. The first-order chi connectivity index (χ1) is 16.7. The van der Waals surface area contributed by atoms with Gasteiger partial charge in [-0.05, 0) is 64.2 Å². The topological polar surface area (TPSA) is 69.6 Å². The molecule has 0 unspecified atom stereocenters. The molecule has 4 heteroatoms. The molecule has 3 N–H and O–H groups in total. The summed E-state index contributed by atoms with van der Waals surface area (Å²) in [6.45, 7) is 4.25. The predicted octanol–water partition coefficient (Wildman–Crippen LogP) is 7.78. The van der Waals surface area contributed by atoms with Crippen LogP contribution in [0.4, 0.5) is 0 Å². The maximum atomic E-state index is 12.2. The molecule has 0 spiro atoms. The van der Waals surface area contributed by atoms with Gasteiger partial charge in [0.1, 0.15) is 0 Å². The molecule has 4 nitrogen and oxygen atoms in total. The number of aliphatic hydroxyl groups excluding tert-OH is 2. The summed E-state index contributed by atoms with van der Waals surface area (Å²) in [5.74, 6) is -0.0564. The highest BCUT2D eigenvalue weighted by molar-refractivity contribution is 5.76. The van der Waals surface area contributed by atoms with Crippen LogP contribution in [0.5, 0.6) is 0 Å². The lowest BCUT2D eigenvalue weighted by Crippen LogP contribution is -2.45. The molecule has 0 aliphatic carbocycles. The Morgan fingerprint density at radius 2 is 1.12 bits per heavy atom. The second kappa shape index (κ2) is 26.5. The molecule has 34 heavy (non-hydrogen) atoms. The van der Waals surface area contributed by atoms with Crippen molar-refractivity contribution in [2.24, 2.45) is 0 Å². The molecule has 0 fully saturated rings. The minimum atomic E-state index is -0.679. The summed E-state index contributed by atoms with van der Waals surface area (Å²) < 4.78 is 0. The van der Waals surface area contributed by atoms with Crippen molar-refractivity contribution in [2.75, 3.05) is 6.61 Å². The van der Waals surface area contributed by atoms with E-state index in [1.165, 1.54) is 70.6 Å². The van der Waals surface area contributed by atoms with E-state index in [-0.39, 0.29) is 12.5 Å². The van der Waals surface area contributed by atoms with Gasteiger partial charge >= 0.3 is 0 Å². The Hall–Kier alpha value is -1.13. The molecule has 0 saturated heterocycles. The van der Waals surface area contributed by atoms with Gasteiger partial charge < -0.3 is 15.5 Å². The molecule has 0 rings (SSSR count). The molecular weight excluding hydrogens is 422 g/mol. The van der Waals surface area contributed by atoms with E-state index in [2.05, 4.69) is 43.5 Å². The van der Waals surface area contributed by atoms with Crippen molar-refractivity contribution in [3.05, 3.63) is 24.3 Å². The summed E-state index contributed by atoms with van der Waals surface area (Å²) in [5.41, 5.74) is 0. The largest absolute Gasteiger partial charge is 0.394 e. The van der Waals surface area contributed by atoms with E-state index in [0.717, 1.165) is 44.9 Å². The molecule has 0 aliphatic rings. The summed E-state index contributed by atoms with van der Waals surface area (Å²) in [5, 5.41) is 22.8. The Kier molecular flexibility index (Phi) is 25.6. The first-order valence-corrected chi connectivity index (χ1v) is 14.5. The fraction of sp³-hybridized carbons (Fsp3) is 0.833. The van der Waals surface area contributed by atoms with Gasteiger partial charge in [0.05, 0.1) is 18.8 Å². The fourth-order valence-electron chi connectivity index (χ4n) is 4.11. The summed E-state index contributed by atoms with van der Waals surface area (Å²) in [6, 6.07) is -0.550. The number of unbranched alkanes of at least 4 members (excludes halogenated alkanes) is 14. The predicted molar refractivity (Wildman–Crippen MR) is 147 cm³/mol. The van der Waals surface area contributed by atoms with Gasteiger partial charge in [-0.3, -0.25) is 4.79 Å². The summed E-state index contributed by atoms with van der Waals surface area (Å²) in [6.07, 6.45) is 30.7. The molecule has 2 atom stereocenters. The highest BCUT2D eigenvalue weighted by Crippen LogP contribution is 2.11. The molecule has 200 valence electrons. The lowest BCUT2D eigenvalue weighted by atomic mass is 10.0. The molecular formula is C30H57NO3. The van der Waals surface area contributed by atoms with E-state index in [4.69, 9.17) is 0 Å². The standard InChI is InChI=1S/C30H57NO3/c1-3-5-7-9-11-13-14-15-16-18-20-22-24-26-30(34)31-28(27-32)29(33)25-23-21-19-17-12-10-8-6-4-2/h12-14,17,28-29,32-33H,3-11,15-16,18-27H2,1-2H3,(H,31,34)/b14-13+,17-12+/t28-,29+/m0/s1. The van der Waals surface area contributed by atoms with E-state index >= 15 is 0 Å². The molecule has 0 radical (unpaired) electrons. The quantitative estimate of drug-likeness (QED) is 0.0924. The Balaban J connectivity index is 3.68. The molecule has 0 aromatic heterocycles. The van der Waals surface area contributed by atoms with Gasteiger partial charge in [0.25, 0.3) is 0 Å². The van der Waals surface area contributed by atoms with E-state index < -0.39 is 12.1 Å². The Morgan fingerprint density at radius 1 is 0.676 bits per heavy atom. The first-order valence-electron chi connectivity index (χ1n) is 14.5. The molecule has 0 aromatic carbocycles. The van der Waals surface area contributed by atoms with Crippen LogP contribution in [0.25, 0.3) is 0 Å². The Morgan fingerprint density at radius 3 is 1.68 bits per heavy atom. The van der Waals surface area contributed by atoms with Gasteiger partial charge in [0, 0.05) is 6.42 Å². The number of hydrogen-bond acceptors (Lipinski definition) is 3. The van der Waals surface area contributed by atoms with Gasteiger partial charge in [0.2, 0.25) is 5.91 Å². The van der Waals surface area contributed by atoms with E-state index in [9.17, 15) is 15.0 Å². The second-order valence-electron chi connectivity index (χ2n) is 9.80. The average Bonchev–Trinajstić information content (AvgIpc) is 2.84. The van der Waals surface area contributed by atoms with Gasteiger partial charge in [-0.2, -0.15) is 0 Å². The van der Waals surface area contributed by atoms with E-state index in [0.29, 0.717) is 12.8 Å². The number of nitrogens with one attached hydrogen (secondary N) is 1. The SMILES string of the molecule is CCCCC/C=C/CCCC[C@@H](O)[C@H](CO)NC(=O)CCCCCCC/C=C/CCCCCC. The first kappa shape index (κ1) is 32.9. The number of carbonyl (C=O) groups is 1.